The standard InChI is InChI=1S/C14H19FN2O3/c1-14(2,3)20-13(18)17-7-6-11(9-17)19-12-5-4-10(15)8-16-12/h4-5,8,11H,6-7,9H2,1-3H3. The van der Waals surface area contributed by atoms with Gasteiger partial charge in [-0.3, -0.25) is 0 Å². The quantitative estimate of drug-likeness (QED) is 0.836. The van der Waals surface area contributed by atoms with Gasteiger partial charge in [0.15, 0.2) is 0 Å². The van der Waals surface area contributed by atoms with Crippen LogP contribution in [0.3, 0.4) is 0 Å². The topological polar surface area (TPSA) is 51.7 Å². The van der Waals surface area contributed by atoms with Crippen molar-refractivity contribution >= 4 is 6.09 Å². The van der Waals surface area contributed by atoms with Crippen LogP contribution in [0.4, 0.5) is 9.18 Å². The van der Waals surface area contributed by atoms with Crippen molar-refractivity contribution in [3.05, 3.63) is 24.1 Å². The number of aromatic nitrogens is 1. The van der Waals surface area contributed by atoms with Crippen molar-refractivity contribution in [3.63, 3.8) is 0 Å². The molecule has 0 aromatic carbocycles. The molecule has 1 unspecified atom stereocenters. The van der Waals surface area contributed by atoms with Crippen LogP contribution in [-0.4, -0.2) is 40.8 Å². The highest BCUT2D eigenvalue weighted by molar-refractivity contribution is 5.68. The molecule has 2 rings (SSSR count). The first kappa shape index (κ1) is 14.6. The number of amides is 1. The Morgan fingerprint density at radius 2 is 2.20 bits per heavy atom. The van der Waals surface area contributed by atoms with Crippen molar-refractivity contribution in [1.29, 1.82) is 0 Å². The molecule has 0 aliphatic carbocycles. The fraction of sp³-hybridized carbons (Fsp3) is 0.571. The number of pyridine rings is 1. The summed E-state index contributed by atoms with van der Waals surface area (Å²) in [6.07, 6.45) is 1.34. The van der Waals surface area contributed by atoms with Gasteiger partial charge in [0.2, 0.25) is 5.88 Å². The molecule has 6 heteroatoms. The van der Waals surface area contributed by atoms with Gasteiger partial charge in [-0.05, 0) is 26.8 Å². The van der Waals surface area contributed by atoms with Crippen LogP contribution in [0.2, 0.25) is 0 Å². The third-order valence-corrected chi connectivity index (χ3v) is 2.78. The van der Waals surface area contributed by atoms with Gasteiger partial charge in [0.25, 0.3) is 0 Å². The predicted molar refractivity (Wildman–Crippen MR) is 71.0 cm³/mol. The highest BCUT2D eigenvalue weighted by Crippen LogP contribution is 2.19. The van der Waals surface area contributed by atoms with Gasteiger partial charge in [0.1, 0.15) is 17.5 Å². The largest absolute Gasteiger partial charge is 0.472 e. The summed E-state index contributed by atoms with van der Waals surface area (Å²) in [5.41, 5.74) is -0.505. The van der Waals surface area contributed by atoms with Gasteiger partial charge in [-0.25, -0.2) is 14.2 Å². The molecule has 1 atom stereocenters. The lowest BCUT2D eigenvalue weighted by Gasteiger charge is -2.24. The SMILES string of the molecule is CC(C)(C)OC(=O)N1CCC(Oc2ccc(F)cn2)C1. The van der Waals surface area contributed by atoms with Gasteiger partial charge in [-0.15, -0.1) is 0 Å². The van der Waals surface area contributed by atoms with Crippen LogP contribution < -0.4 is 4.74 Å². The molecule has 20 heavy (non-hydrogen) atoms. The molecule has 1 aliphatic heterocycles. The molecule has 0 radical (unpaired) electrons. The van der Waals surface area contributed by atoms with Crippen LogP contribution in [0.1, 0.15) is 27.2 Å². The minimum atomic E-state index is -0.505. The average Bonchev–Trinajstić information content (AvgIpc) is 2.79. The van der Waals surface area contributed by atoms with Crippen LogP contribution in [0.15, 0.2) is 18.3 Å². The van der Waals surface area contributed by atoms with Crippen LogP contribution in [0, 0.1) is 5.82 Å². The molecule has 1 saturated heterocycles. The minimum Gasteiger partial charge on any atom is -0.472 e. The van der Waals surface area contributed by atoms with Crippen molar-refractivity contribution < 1.29 is 18.7 Å². The highest BCUT2D eigenvalue weighted by Gasteiger charge is 2.30. The van der Waals surface area contributed by atoms with E-state index in [0.29, 0.717) is 25.4 Å². The molecule has 1 amide bonds. The summed E-state index contributed by atoms with van der Waals surface area (Å²) in [5, 5.41) is 0. The molecule has 0 bridgehead atoms. The number of likely N-dealkylation sites (tertiary alicyclic amines) is 1. The Morgan fingerprint density at radius 3 is 2.80 bits per heavy atom. The van der Waals surface area contributed by atoms with E-state index in [2.05, 4.69) is 4.98 Å². The van der Waals surface area contributed by atoms with E-state index in [-0.39, 0.29) is 12.2 Å². The Balaban J connectivity index is 1.86. The number of halogens is 1. The number of nitrogens with zero attached hydrogens (tertiary/aromatic N) is 2. The summed E-state index contributed by atoms with van der Waals surface area (Å²) in [6, 6.07) is 2.77. The van der Waals surface area contributed by atoms with Crippen molar-refractivity contribution in [2.24, 2.45) is 0 Å². The molecule has 1 fully saturated rings. The summed E-state index contributed by atoms with van der Waals surface area (Å²) in [6.45, 7) is 6.53. The minimum absolute atomic E-state index is 0.138. The fourth-order valence-electron chi connectivity index (χ4n) is 1.92. The molecule has 1 aromatic rings. The van der Waals surface area contributed by atoms with Crippen LogP contribution >= 0.6 is 0 Å². The second kappa shape index (κ2) is 5.64. The van der Waals surface area contributed by atoms with Gasteiger partial charge in [-0.2, -0.15) is 0 Å². The van der Waals surface area contributed by atoms with Crippen molar-refractivity contribution in [2.45, 2.75) is 38.9 Å². The fourth-order valence-corrected chi connectivity index (χ4v) is 1.92. The summed E-state index contributed by atoms with van der Waals surface area (Å²) in [7, 11) is 0. The number of carbonyl (C=O) groups excluding carboxylic acids is 1. The Bertz CT molecular complexity index is 470. The lowest BCUT2D eigenvalue weighted by molar-refractivity contribution is 0.0275. The van der Waals surface area contributed by atoms with E-state index in [1.165, 1.54) is 12.1 Å². The van der Waals surface area contributed by atoms with Crippen molar-refractivity contribution in [3.8, 4) is 5.88 Å². The Kier molecular flexibility index (Phi) is 4.11. The van der Waals surface area contributed by atoms with E-state index in [1.807, 2.05) is 20.8 Å². The van der Waals surface area contributed by atoms with Gasteiger partial charge in [0.05, 0.1) is 12.7 Å². The van der Waals surface area contributed by atoms with E-state index in [0.717, 1.165) is 6.20 Å². The van der Waals surface area contributed by atoms with Crippen LogP contribution in [-0.2, 0) is 4.74 Å². The zero-order chi connectivity index (χ0) is 14.8. The zero-order valence-electron chi connectivity index (χ0n) is 11.9. The first-order valence-electron chi connectivity index (χ1n) is 6.59. The van der Waals surface area contributed by atoms with Gasteiger partial charge < -0.3 is 14.4 Å². The molecule has 0 spiro atoms. The lowest BCUT2D eigenvalue weighted by atomic mass is 10.2. The van der Waals surface area contributed by atoms with Gasteiger partial charge in [-0.1, -0.05) is 0 Å². The molecule has 5 nitrogen and oxygen atoms in total. The number of hydrogen-bond acceptors (Lipinski definition) is 4. The molecule has 1 aromatic heterocycles. The highest BCUT2D eigenvalue weighted by atomic mass is 19.1. The summed E-state index contributed by atoms with van der Waals surface area (Å²) in [5.74, 6) is -0.0402. The van der Waals surface area contributed by atoms with Crippen molar-refractivity contribution in [1.82, 2.24) is 9.88 Å². The third kappa shape index (κ3) is 4.08. The zero-order valence-corrected chi connectivity index (χ0v) is 11.9. The van der Waals surface area contributed by atoms with Crippen LogP contribution in [0.5, 0.6) is 5.88 Å². The number of rotatable bonds is 2. The number of hydrogen-bond donors (Lipinski definition) is 0. The molecular weight excluding hydrogens is 263 g/mol. The van der Waals surface area contributed by atoms with Gasteiger partial charge >= 0.3 is 6.09 Å². The Hall–Kier alpha value is -1.85. The second-order valence-electron chi connectivity index (χ2n) is 5.77. The predicted octanol–water partition coefficient (Wildman–Crippen LogP) is 2.61. The van der Waals surface area contributed by atoms with E-state index in [9.17, 15) is 9.18 Å². The molecule has 0 N–H and O–H groups in total. The molecular formula is C14H19FN2O3. The smallest absolute Gasteiger partial charge is 0.410 e. The maximum absolute atomic E-state index is 12.7. The maximum atomic E-state index is 12.7. The number of carbonyl (C=O) groups is 1. The second-order valence-corrected chi connectivity index (χ2v) is 5.77. The summed E-state index contributed by atoms with van der Waals surface area (Å²) < 4.78 is 23.7. The first-order valence-corrected chi connectivity index (χ1v) is 6.59. The molecule has 2 heterocycles. The Morgan fingerprint density at radius 1 is 1.45 bits per heavy atom. The Labute approximate surface area is 117 Å². The van der Waals surface area contributed by atoms with E-state index in [4.69, 9.17) is 9.47 Å². The molecule has 1 aliphatic rings. The monoisotopic (exact) mass is 282 g/mol. The van der Waals surface area contributed by atoms with Crippen LogP contribution in [0.25, 0.3) is 0 Å². The molecule has 0 saturated carbocycles. The van der Waals surface area contributed by atoms with Gasteiger partial charge in [0, 0.05) is 19.0 Å². The maximum Gasteiger partial charge on any atom is 0.410 e. The lowest BCUT2D eigenvalue weighted by Crippen LogP contribution is -2.36. The summed E-state index contributed by atoms with van der Waals surface area (Å²) >= 11 is 0. The first-order chi connectivity index (χ1) is 9.33. The number of ether oxygens (including phenoxy) is 2. The average molecular weight is 282 g/mol. The van der Waals surface area contributed by atoms with E-state index >= 15 is 0 Å². The normalized spacial score (nSPS) is 19.0. The molecule has 110 valence electrons. The van der Waals surface area contributed by atoms with E-state index < -0.39 is 11.4 Å². The van der Waals surface area contributed by atoms with E-state index in [1.54, 1.807) is 4.90 Å². The third-order valence-electron chi connectivity index (χ3n) is 2.78. The summed E-state index contributed by atoms with van der Waals surface area (Å²) in [4.78, 5) is 17.3. The van der Waals surface area contributed by atoms with Crippen molar-refractivity contribution in [2.75, 3.05) is 13.1 Å².